The van der Waals surface area contributed by atoms with Crippen LogP contribution < -0.4 is 15.3 Å². The van der Waals surface area contributed by atoms with Gasteiger partial charge in [0.05, 0.1) is 11.3 Å². The number of benzene rings is 1. The van der Waals surface area contributed by atoms with Crippen molar-refractivity contribution in [2.75, 3.05) is 45.2 Å². The minimum atomic E-state index is -1.38. The summed E-state index contributed by atoms with van der Waals surface area (Å²) in [6.45, 7) is 10.6. The van der Waals surface area contributed by atoms with Crippen LogP contribution in [-0.4, -0.2) is 91.5 Å². The molecule has 0 spiro atoms. The summed E-state index contributed by atoms with van der Waals surface area (Å²) in [6, 6.07) is 8.52. The quantitative estimate of drug-likeness (QED) is 0.346. The molecule has 11 nitrogen and oxygen atoms in total. The number of aromatic amines is 1. The van der Waals surface area contributed by atoms with E-state index in [2.05, 4.69) is 21.8 Å². The Hall–Kier alpha value is -3.38. The van der Waals surface area contributed by atoms with Gasteiger partial charge in [-0.25, -0.2) is 9.59 Å². The fraction of sp³-hybridized carbons (Fsp3) is 0.517. The molecular weight excluding hydrogens is 518 g/mol. The number of aromatic nitrogens is 1. The predicted molar refractivity (Wildman–Crippen MR) is 148 cm³/mol. The minimum Gasteiger partial charge on any atom is -0.462 e. The van der Waals surface area contributed by atoms with Gasteiger partial charge in [0.2, 0.25) is 6.29 Å². The highest BCUT2D eigenvalue weighted by molar-refractivity contribution is 5.93. The predicted octanol–water partition coefficient (Wildman–Crippen LogP) is 2.60. The van der Waals surface area contributed by atoms with E-state index < -0.39 is 41.8 Å². The molecule has 2 fully saturated rings. The summed E-state index contributed by atoms with van der Waals surface area (Å²) in [4.78, 5) is 32.8. The van der Waals surface area contributed by atoms with Gasteiger partial charge in [0.1, 0.15) is 23.1 Å². The van der Waals surface area contributed by atoms with E-state index in [0.29, 0.717) is 16.9 Å². The number of aliphatic hydroxyl groups excluding tert-OH is 1. The Labute approximate surface area is 232 Å². The zero-order chi connectivity index (χ0) is 28.8. The van der Waals surface area contributed by atoms with Gasteiger partial charge >= 0.3 is 11.6 Å². The number of carbonyl (C=O) groups is 1. The first-order chi connectivity index (χ1) is 19.0. The Morgan fingerprint density at radius 2 is 1.85 bits per heavy atom. The molecule has 4 heterocycles. The fourth-order valence-corrected chi connectivity index (χ4v) is 5.51. The third-order valence-electron chi connectivity index (χ3n) is 7.74. The van der Waals surface area contributed by atoms with Gasteiger partial charge in [-0.15, -0.1) is 0 Å². The van der Waals surface area contributed by atoms with Crippen LogP contribution in [0, 0.1) is 13.8 Å². The van der Waals surface area contributed by atoms with E-state index in [1.807, 2.05) is 13.0 Å². The zero-order valence-electron chi connectivity index (χ0n) is 23.7. The second kappa shape index (κ2) is 10.9. The summed E-state index contributed by atoms with van der Waals surface area (Å²) in [5.74, 6) is -0.261. The number of methoxy groups -OCH3 is 1. The second-order valence-electron chi connectivity index (χ2n) is 11.1. The van der Waals surface area contributed by atoms with E-state index in [1.54, 1.807) is 39.0 Å². The first-order valence-corrected chi connectivity index (χ1v) is 13.4. The third kappa shape index (κ3) is 5.34. The number of fused-ring (bicyclic) bond motifs is 1. The highest BCUT2D eigenvalue weighted by Crippen LogP contribution is 2.37. The number of anilines is 1. The van der Waals surface area contributed by atoms with Gasteiger partial charge in [-0.2, -0.15) is 0 Å². The molecule has 216 valence electrons. The lowest BCUT2D eigenvalue weighted by molar-refractivity contribution is -0.305. The largest absolute Gasteiger partial charge is 0.462 e. The molecule has 0 amide bonds. The van der Waals surface area contributed by atoms with Gasteiger partial charge in [-0.3, -0.25) is 0 Å². The highest BCUT2D eigenvalue weighted by Gasteiger charge is 2.53. The number of carbonyl (C=O) groups excluding carboxylic acids is 1. The Bertz CT molecular complexity index is 1440. The van der Waals surface area contributed by atoms with Crippen LogP contribution in [0.25, 0.3) is 11.0 Å². The molecule has 5 rings (SSSR count). The normalized spacial score (nSPS) is 25.2. The maximum absolute atomic E-state index is 12.9. The van der Waals surface area contributed by atoms with E-state index in [1.165, 1.54) is 13.2 Å². The maximum Gasteiger partial charge on any atom is 0.355 e. The average molecular weight is 556 g/mol. The van der Waals surface area contributed by atoms with Crippen LogP contribution in [0.5, 0.6) is 5.75 Å². The average Bonchev–Trinajstić information content (AvgIpc) is 3.35. The number of aryl methyl sites for hydroxylation is 2. The Morgan fingerprint density at radius 1 is 1.12 bits per heavy atom. The first kappa shape index (κ1) is 28.2. The summed E-state index contributed by atoms with van der Waals surface area (Å²) >= 11 is 0. The van der Waals surface area contributed by atoms with Gasteiger partial charge in [0.15, 0.2) is 12.2 Å². The van der Waals surface area contributed by atoms with Crippen LogP contribution in [0.15, 0.2) is 39.5 Å². The van der Waals surface area contributed by atoms with Crippen LogP contribution in [-0.2, 0) is 14.2 Å². The van der Waals surface area contributed by atoms with E-state index in [4.69, 9.17) is 23.4 Å². The molecule has 2 saturated heterocycles. The molecule has 4 atom stereocenters. The lowest BCUT2D eigenvalue weighted by atomic mass is 9.89. The van der Waals surface area contributed by atoms with Crippen LogP contribution in [0.1, 0.15) is 35.6 Å². The van der Waals surface area contributed by atoms with Gasteiger partial charge in [-0.05, 0) is 59.0 Å². The molecule has 1 aromatic carbocycles. The summed E-state index contributed by atoms with van der Waals surface area (Å²) < 4.78 is 29.3. The number of likely N-dealkylation sites (N-methyl/N-ethyl adjacent to an activating group) is 1. The summed E-state index contributed by atoms with van der Waals surface area (Å²) in [5.41, 5.74) is 1.44. The molecular formula is C29H37N3O8. The third-order valence-corrected chi connectivity index (χ3v) is 7.74. The second-order valence-corrected chi connectivity index (χ2v) is 11.1. The van der Waals surface area contributed by atoms with Crippen LogP contribution >= 0.6 is 0 Å². The monoisotopic (exact) mass is 555 g/mol. The van der Waals surface area contributed by atoms with Crippen molar-refractivity contribution in [2.45, 2.75) is 57.9 Å². The lowest BCUT2D eigenvalue weighted by Crippen LogP contribution is -2.65. The van der Waals surface area contributed by atoms with E-state index >= 15 is 0 Å². The van der Waals surface area contributed by atoms with Gasteiger partial charge in [-0.1, -0.05) is 0 Å². The molecule has 0 unspecified atom stereocenters. The number of nitrogens with zero attached hydrogens (tertiary/aromatic N) is 2. The summed E-state index contributed by atoms with van der Waals surface area (Å²) in [6.07, 6.45) is -4.44. The van der Waals surface area contributed by atoms with Crippen molar-refractivity contribution >= 4 is 22.6 Å². The molecule has 11 heteroatoms. The van der Waals surface area contributed by atoms with Crippen molar-refractivity contribution in [3.8, 4) is 5.75 Å². The fourth-order valence-electron chi connectivity index (χ4n) is 5.51. The number of hydrogen-bond acceptors (Lipinski definition) is 10. The van der Waals surface area contributed by atoms with E-state index in [9.17, 15) is 14.7 Å². The van der Waals surface area contributed by atoms with Crippen molar-refractivity contribution in [1.29, 1.82) is 0 Å². The van der Waals surface area contributed by atoms with E-state index in [0.717, 1.165) is 42.9 Å². The number of hydrogen-bond donors (Lipinski definition) is 2. The smallest absolute Gasteiger partial charge is 0.355 e. The Morgan fingerprint density at radius 3 is 2.50 bits per heavy atom. The van der Waals surface area contributed by atoms with Gasteiger partial charge in [0, 0.05) is 56.0 Å². The number of H-pyrrole nitrogens is 1. The Balaban J connectivity index is 1.44. The van der Waals surface area contributed by atoms with E-state index in [-0.39, 0.29) is 5.69 Å². The number of esters is 1. The molecule has 0 bridgehead atoms. The summed E-state index contributed by atoms with van der Waals surface area (Å²) in [5, 5.41) is 12.1. The number of aliphatic hydroxyl groups is 1. The molecule has 3 aromatic rings. The zero-order valence-corrected chi connectivity index (χ0v) is 23.7. The standard InChI is InChI=1S/C29H37N3O8/c1-16-7-9-19(30-16)27(35)39-25-23(34)28(40-29(3,4)26(25)36-6)37-21-10-8-18-20(32-13-11-31(5)12-14-32)15-22(33)38-24(18)17(21)2/h7-10,15,23,25-26,28,30,34H,11-14H2,1-6H3/t23-,25+,26+,28-/m1/s1. The van der Waals surface area contributed by atoms with Crippen LogP contribution in [0.2, 0.25) is 0 Å². The molecule has 40 heavy (non-hydrogen) atoms. The lowest BCUT2D eigenvalue weighted by Gasteiger charge is -2.47. The van der Waals surface area contributed by atoms with Crippen molar-refractivity contribution in [3.05, 3.63) is 57.7 Å². The molecule has 2 N–H and O–H groups in total. The number of rotatable bonds is 6. The molecule has 2 aliphatic rings. The van der Waals surface area contributed by atoms with Gasteiger partial charge in [0.25, 0.3) is 0 Å². The Kier molecular flexibility index (Phi) is 7.66. The number of nitrogens with one attached hydrogen (secondary N) is 1. The number of ether oxygens (including phenoxy) is 4. The topological polar surface area (TPSA) is 127 Å². The molecule has 2 aromatic heterocycles. The van der Waals surface area contributed by atoms with Crippen molar-refractivity contribution in [1.82, 2.24) is 9.88 Å². The van der Waals surface area contributed by atoms with Crippen LogP contribution in [0.4, 0.5) is 5.69 Å². The molecule has 2 aliphatic heterocycles. The van der Waals surface area contributed by atoms with Gasteiger partial charge < -0.3 is 43.3 Å². The first-order valence-electron chi connectivity index (χ1n) is 13.4. The molecule has 0 aliphatic carbocycles. The SMILES string of the molecule is CO[C@H]1[C@@H](OC(=O)c2ccc(C)[nH]2)[C@@H](O)[C@H](Oc2ccc3c(N4CCN(C)CC4)cc(=O)oc3c2C)OC1(C)C. The summed E-state index contributed by atoms with van der Waals surface area (Å²) in [7, 11) is 3.55. The van der Waals surface area contributed by atoms with Crippen LogP contribution in [0.3, 0.4) is 0 Å². The minimum absolute atomic E-state index is 0.262. The van der Waals surface area contributed by atoms with Crippen molar-refractivity contribution in [2.24, 2.45) is 0 Å². The van der Waals surface area contributed by atoms with Crippen molar-refractivity contribution < 1.29 is 33.3 Å². The highest BCUT2D eigenvalue weighted by atomic mass is 16.7. The molecule has 0 saturated carbocycles. The number of piperazine rings is 1. The van der Waals surface area contributed by atoms with Crippen molar-refractivity contribution in [3.63, 3.8) is 0 Å². The maximum atomic E-state index is 12.9. The molecule has 0 radical (unpaired) electrons.